The van der Waals surface area contributed by atoms with Crippen molar-refractivity contribution in [1.29, 1.82) is 0 Å². The van der Waals surface area contributed by atoms with E-state index in [-0.39, 0.29) is 41.2 Å². The molecule has 2 aromatic carbocycles. The van der Waals surface area contributed by atoms with E-state index in [1.54, 1.807) is 25.2 Å². The largest absolute Gasteiger partial charge is 0.497 e. The van der Waals surface area contributed by atoms with Gasteiger partial charge in [-0.25, -0.2) is 13.1 Å². The number of sulfonamides is 1. The molecule has 0 aromatic heterocycles. The number of alkyl halides is 2. The molecule has 3 N–H and O–H groups in total. The van der Waals surface area contributed by atoms with Crippen LogP contribution in [0.25, 0.3) is 0 Å². The second kappa shape index (κ2) is 12.6. The predicted octanol–water partition coefficient (Wildman–Crippen LogP) is 2.69. The minimum atomic E-state index is -3.49. The number of methoxy groups -OCH3 is 1. The van der Waals surface area contributed by atoms with Gasteiger partial charge in [-0.15, -0.1) is 24.0 Å². The van der Waals surface area contributed by atoms with Gasteiger partial charge in [0.1, 0.15) is 11.5 Å². The summed E-state index contributed by atoms with van der Waals surface area (Å²) in [4.78, 5) is 4.26. The molecular formula is C19H25F2IN4O4S. The fraction of sp³-hybridized carbons (Fsp3) is 0.316. The maximum Gasteiger partial charge on any atom is 0.387 e. The van der Waals surface area contributed by atoms with Gasteiger partial charge in [-0.1, -0.05) is 12.1 Å². The van der Waals surface area contributed by atoms with Crippen molar-refractivity contribution in [3.8, 4) is 11.5 Å². The lowest BCUT2D eigenvalue weighted by molar-refractivity contribution is -0.0505. The summed E-state index contributed by atoms with van der Waals surface area (Å²) in [5, 5.41) is 6.09. The molecule has 2 rings (SSSR count). The Hall–Kier alpha value is -2.19. The molecule has 0 aliphatic rings. The van der Waals surface area contributed by atoms with Crippen LogP contribution in [0, 0.1) is 0 Å². The fourth-order valence-corrected chi connectivity index (χ4v) is 3.25. The number of aliphatic imine (C=N–C) groups is 1. The van der Waals surface area contributed by atoms with Gasteiger partial charge < -0.3 is 20.1 Å². The predicted molar refractivity (Wildman–Crippen MR) is 125 cm³/mol. The highest BCUT2D eigenvalue weighted by Gasteiger charge is 2.12. The second-order valence-electron chi connectivity index (χ2n) is 5.98. The Morgan fingerprint density at radius 2 is 1.74 bits per heavy atom. The van der Waals surface area contributed by atoms with Crippen LogP contribution in [0.2, 0.25) is 0 Å². The van der Waals surface area contributed by atoms with Gasteiger partial charge in [0.15, 0.2) is 5.96 Å². The number of rotatable bonds is 9. The first-order valence-corrected chi connectivity index (χ1v) is 10.4. The average molecular weight is 570 g/mol. The average Bonchev–Trinajstić information content (AvgIpc) is 2.74. The van der Waals surface area contributed by atoms with Crippen molar-refractivity contribution < 1.29 is 26.7 Å². The van der Waals surface area contributed by atoms with Crippen molar-refractivity contribution in [1.82, 2.24) is 15.4 Å². The van der Waals surface area contributed by atoms with E-state index in [0.29, 0.717) is 23.8 Å². The van der Waals surface area contributed by atoms with Gasteiger partial charge in [0.2, 0.25) is 10.0 Å². The number of nitrogens with zero attached hydrogens (tertiary/aromatic N) is 1. The Bertz CT molecular complexity index is 973. The van der Waals surface area contributed by atoms with Crippen LogP contribution in [0.1, 0.15) is 11.1 Å². The lowest BCUT2D eigenvalue weighted by Crippen LogP contribution is -2.36. The molecule has 0 saturated heterocycles. The third-order valence-corrected chi connectivity index (χ3v) is 5.55. The molecule has 8 nitrogen and oxygen atoms in total. The van der Waals surface area contributed by atoms with Crippen LogP contribution in [-0.4, -0.2) is 42.2 Å². The van der Waals surface area contributed by atoms with E-state index in [1.807, 2.05) is 0 Å². The van der Waals surface area contributed by atoms with Crippen molar-refractivity contribution in [2.45, 2.75) is 24.6 Å². The molecule has 0 fully saturated rings. The van der Waals surface area contributed by atoms with E-state index >= 15 is 0 Å². The quantitative estimate of drug-likeness (QED) is 0.244. The Kier molecular flexibility index (Phi) is 10.9. The van der Waals surface area contributed by atoms with Gasteiger partial charge in [-0.3, -0.25) is 4.99 Å². The van der Waals surface area contributed by atoms with E-state index in [4.69, 9.17) is 4.74 Å². The molecule has 0 radical (unpaired) electrons. The number of halogens is 3. The zero-order valence-electron chi connectivity index (χ0n) is 17.2. The number of nitrogens with one attached hydrogen (secondary N) is 3. The third kappa shape index (κ3) is 8.10. The van der Waals surface area contributed by atoms with Crippen LogP contribution in [0.4, 0.5) is 8.78 Å². The maximum absolute atomic E-state index is 12.6. The van der Waals surface area contributed by atoms with Crippen LogP contribution < -0.4 is 24.8 Å². The second-order valence-corrected chi connectivity index (χ2v) is 7.87. The Labute approximate surface area is 197 Å². The first kappa shape index (κ1) is 26.8. The molecule has 0 saturated carbocycles. The molecule has 0 aliphatic carbocycles. The van der Waals surface area contributed by atoms with Crippen LogP contribution in [0.15, 0.2) is 52.4 Å². The van der Waals surface area contributed by atoms with Crippen molar-refractivity contribution >= 4 is 40.0 Å². The van der Waals surface area contributed by atoms with E-state index < -0.39 is 16.6 Å². The number of hydrogen-bond acceptors (Lipinski definition) is 5. The molecule has 2 aromatic rings. The number of guanidine groups is 1. The highest BCUT2D eigenvalue weighted by atomic mass is 127. The van der Waals surface area contributed by atoms with Crippen LogP contribution in [0.3, 0.4) is 0 Å². The lowest BCUT2D eigenvalue weighted by Gasteiger charge is -2.15. The molecule has 0 heterocycles. The Balaban J connectivity index is 0.00000480. The van der Waals surface area contributed by atoms with Gasteiger partial charge in [-0.2, -0.15) is 8.78 Å². The molecule has 31 heavy (non-hydrogen) atoms. The van der Waals surface area contributed by atoms with Gasteiger partial charge in [0.25, 0.3) is 0 Å². The summed E-state index contributed by atoms with van der Waals surface area (Å²) >= 11 is 0. The maximum atomic E-state index is 12.6. The van der Waals surface area contributed by atoms with Crippen LogP contribution in [-0.2, 0) is 23.1 Å². The summed E-state index contributed by atoms with van der Waals surface area (Å²) in [7, 11) is 0.906. The normalized spacial score (nSPS) is 11.6. The summed E-state index contributed by atoms with van der Waals surface area (Å²) in [6.45, 7) is -2.40. The fourth-order valence-electron chi connectivity index (χ4n) is 2.52. The van der Waals surface area contributed by atoms with Gasteiger partial charge in [0.05, 0.1) is 12.0 Å². The number of benzene rings is 2. The highest BCUT2D eigenvalue weighted by molar-refractivity contribution is 14.0. The molecular weight excluding hydrogens is 545 g/mol. The molecule has 0 amide bonds. The van der Waals surface area contributed by atoms with E-state index in [2.05, 4.69) is 25.1 Å². The summed E-state index contributed by atoms with van der Waals surface area (Å²) in [5.41, 5.74) is 1.30. The molecule has 12 heteroatoms. The van der Waals surface area contributed by atoms with Gasteiger partial charge in [-0.05, 0) is 42.9 Å². The third-order valence-electron chi connectivity index (χ3n) is 4.12. The lowest BCUT2D eigenvalue weighted by atomic mass is 10.2. The summed E-state index contributed by atoms with van der Waals surface area (Å²) in [5.74, 6) is 0.968. The summed E-state index contributed by atoms with van der Waals surface area (Å²) in [6.07, 6.45) is 0. The van der Waals surface area contributed by atoms with Gasteiger partial charge in [0, 0.05) is 25.7 Å². The first-order valence-electron chi connectivity index (χ1n) is 8.87. The summed E-state index contributed by atoms with van der Waals surface area (Å²) < 4.78 is 60.7. The van der Waals surface area contributed by atoms with E-state index in [1.165, 1.54) is 38.4 Å². The number of hydrogen-bond donors (Lipinski definition) is 3. The van der Waals surface area contributed by atoms with Crippen molar-refractivity contribution in [3.63, 3.8) is 0 Å². The zero-order chi connectivity index (χ0) is 22.1. The molecule has 0 aliphatic heterocycles. The Morgan fingerprint density at radius 3 is 2.29 bits per heavy atom. The zero-order valence-corrected chi connectivity index (χ0v) is 20.3. The van der Waals surface area contributed by atoms with E-state index in [0.717, 1.165) is 5.56 Å². The minimum Gasteiger partial charge on any atom is -0.497 e. The Morgan fingerprint density at radius 1 is 1.10 bits per heavy atom. The molecule has 0 atom stereocenters. The highest BCUT2D eigenvalue weighted by Crippen LogP contribution is 2.25. The number of ether oxygens (including phenoxy) is 2. The van der Waals surface area contributed by atoms with Crippen LogP contribution in [0.5, 0.6) is 11.5 Å². The SMILES string of the molecule is CN=C(NCc1ccc(S(=O)(=O)NC)cc1)NCc1cc(OC)ccc1OC(F)F.I. The monoisotopic (exact) mass is 570 g/mol. The van der Waals surface area contributed by atoms with Gasteiger partial charge >= 0.3 is 6.61 Å². The minimum absolute atomic E-state index is 0. The topological polar surface area (TPSA) is 101 Å². The molecule has 172 valence electrons. The molecule has 0 unspecified atom stereocenters. The summed E-state index contributed by atoms with van der Waals surface area (Å²) in [6, 6.07) is 10.9. The first-order chi connectivity index (χ1) is 14.3. The van der Waals surface area contributed by atoms with Crippen molar-refractivity contribution in [2.24, 2.45) is 4.99 Å². The van der Waals surface area contributed by atoms with E-state index in [9.17, 15) is 17.2 Å². The van der Waals surface area contributed by atoms with Crippen molar-refractivity contribution in [3.05, 3.63) is 53.6 Å². The molecule has 0 spiro atoms. The van der Waals surface area contributed by atoms with Crippen LogP contribution >= 0.6 is 24.0 Å². The smallest absolute Gasteiger partial charge is 0.387 e. The standard InChI is InChI=1S/C19H24F2N4O4S.HI/c1-22-19(24-11-13-4-7-16(8-5-13)30(26,27)23-2)25-12-14-10-15(28-3)6-9-17(14)29-18(20)21;/h4-10,18,23H,11-12H2,1-3H3,(H2,22,24,25);1H. The molecule has 0 bridgehead atoms. The van der Waals surface area contributed by atoms with Crippen molar-refractivity contribution in [2.75, 3.05) is 21.2 Å².